The van der Waals surface area contributed by atoms with Crippen molar-refractivity contribution in [1.29, 1.82) is 0 Å². The van der Waals surface area contributed by atoms with Crippen LogP contribution in [0.3, 0.4) is 0 Å². The summed E-state index contributed by atoms with van der Waals surface area (Å²) in [5.41, 5.74) is -0.561. The minimum Gasteiger partial charge on any atom is -0.340 e. The Morgan fingerprint density at radius 3 is 2.55 bits per heavy atom. The molecule has 2 atom stereocenters. The van der Waals surface area contributed by atoms with Crippen LogP contribution in [0, 0.1) is 5.92 Å². The van der Waals surface area contributed by atoms with Crippen LogP contribution in [0.25, 0.3) is 0 Å². The van der Waals surface area contributed by atoms with Crippen molar-refractivity contribution >= 4 is 11.8 Å². The second-order valence-corrected chi connectivity index (χ2v) is 7.05. The molecule has 1 spiro atoms. The van der Waals surface area contributed by atoms with Gasteiger partial charge in [0.2, 0.25) is 11.8 Å². The largest absolute Gasteiger partial charge is 0.340 e. The first kappa shape index (κ1) is 13.9. The van der Waals surface area contributed by atoms with E-state index in [-0.39, 0.29) is 24.4 Å². The van der Waals surface area contributed by atoms with E-state index >= 15 is 0 Å². The highest BCUT2D eigenvalue weighted by atomic mass is 16.2. The molecule has 0 aromatic heterocycles. The number of hydrogen-bond acceptors (Lipinski definition) is 2. The quantitative estimate of drug-likeness (QED) is 0.799. The minimum absolute atomic E-state index is 0.0460. The molecule has 0 aromatic rings. The fraction of sp³-hybridized carbons (Fsp3) is 0.875. The Hall–Kier alpha value is -1.06. The molecule has 112 valence electrons. The maximum absolute atomic E-state index is 13.0. The molecule has 2 amide bonds. The number of carbonyl (C=O) groups is 2. The van der Waals surface area contributed by atoms with Crippen LogP contribution in [0.15, 0.2) is 0 Å². The lowest BCUT2D eigenvalue weighted by atomic mass is 9.78. The molecule has 3 aliphatic rings. The van der Waals surface area contributed by atoms with E-state index in [1.807, 2.05) is 4.90 Å². The highest BCUT2D eigenvalue weighted by molar-refractivity contribution is 5.98. The second-order valence-electron chi connectivity index (χ2n) is 7.05. The second kappa shape index (κ2) is 5.38. The molecule has 2 aliphatic carbocycles. The Morgan fingerprint density at radius 1 is 1.10 bits per heavy atom. The molecule has 4 heteroatoms. The molecule has 1 heterocycles. The Balaban J connectivity index is 1.79. The Morgan fingerprint density at radius 2 is 1.85 bits per heavy atom. The van der Waals surface area contributed by atoms with Crippen molar-refractivity contribution in [3.05, 3.63) is 0 Å². The van der Waals surface area contributed by atoms with Gasteiger partial charge < -0.3 is 10.2 Å². The lowest BCUT2D eigenvalue weighted by molar-refractivity contribution is -0.155. The summed E-state index contributed by atoms with van der Waals surface area (Å²) in [6, 6.07) is 0.288. The summed E-state index contributed by atoms with van der Waals surface area (Å²) in [4.78, 5) is 27.0. The fourth-order valence-electron chi connectivity index (χ4n) is 4.34. The molecule has 0 radical (unpaired) electrons. The maximum Gasteiger partial charge on any atom is 0.249 e. The van der Waals surface area contributed by atoms with Gasteiger partial charge in [0.25, 0.3) is 0 Å². The molecule has 4 nitrogen and oxygen atoms in total. The molecular formula is C16H26N2O2. The SMILES string of the molecule is CC1CCCC(N2CC(=O)NC3(CCCCC3)C2=O)C1. The average Bonchev–Trinajstić information content (AvgIpc) is 2.44. The number of carbonyl (C=O) groups excluding carboxylic acids is 2. The molecule has 2 saturated carbocycles. The van der Waals surface area contributed by atoms with Crippen LogP contribution < -0.4 is 5.32 Å². The molecule has 1 aliphatic heterocycles. The first-order valence-electron chi connectivity index (χ1n) is 8.23. The zero-order valence-electron chi connectivity index (χ0n) is 12.5. The predicted octanol–water partition coefficient (Wildman–Crippen LogP) is 2.23. The van der Waals surface area contributed by atoms with E-state index in [9.17, 15) is 9.59 Å². The Bertz CT molecular complexity index is 401. The van der Waals surface area contributed by atoms with E-state index in [0.717, 1.165) is 38.5 Å². The van der Waals surface area contributed by atoms with Crippen molar-refractivity contribution < 1.29 is 9.59 Å². The summed E-state index contributed by atoms with van der Waals surface area (Å²) in [5, 5.41) is 3.03. The molecular weight excluding hydrogens is 252 g/mol. The highest BCUT2D eigenvalue weighted by Gasteiger charge is 2.48. The third-order valence-corrected chi connectivity index (χ3v) is 5.42. The monoisotopic (exact) mass is 278 g/mol. The van der Waals surface area contributed by atoms with Crippen LogP contribution in [0.2, 0.25) is 0 Å². The van der Waals surface area contributed by atoms with Crippen LogP contribution in [-0.4, -0.2) is 34.8 Å². The number of piperazine rings is 1. The summed E-state index contributed by atoms with van der Waals surface area (Å²) < 4.78 is 0. The van der Waals surface area contributed by atoms with Crippen LogP contribution in [0.5, 0.6) is 0 Å². The van der Waals surface area contributed by atoms with Crippen LogP contribution >= 0.6 is 0 Å². The number of nitrogens with zero attached hydrogens (tertiary/aromatic N) is 1. The van der Waals surface area contributed by atoms with Crippen LogP contribution in [0.4, 0.5) is 0 Å². The van der Waals surface area contributed by atoms with Crippen molar-refractivity contribution in [2.24, 2.45) is 5.92 Å². The van der Waals surface area contributed by atoms with Gasteiger partial charge in [-0.2, -0.15) is 0 Å². The van der Waals surface area contributed by atoms with Gasteiger partial charge in [0.15, 0.2) is 0 Å². The lowest BCUT2D eigenvalue weighted by Crippen LogP contribution is -2.69. The first-order valence-corrected chi connectivity index (χ1v) is 8.23. The molecule has 0 aromatic carbocycles. The third-order valence-electron chi connectivity index (χ3n) is 5.42. The molecule has 1 N–H and O–H groups in total. The average molecular weight is 278 g/mol. The van der Waals surface area contributed by atoms with Gasteiger partial charge in [-0.25, -0.2) is 0 Å². The zero-order valence-corrected chi connectivity index (χ0v) is 12.5. The summed E-state index contributed by atoms with van der Waals surface area (Å²) >= 11 is 0. The maximum atomic E-state index is 13.0. The standard InChI is InChI=1S/C16H26N2O2/c1-12-6-5-7-13(10-12)18-11-14(19)17-16(15(18)20)8-3-2-4-9-16/h12-13H,2-11H2,1H3,(H,17,19). The molecule has 20 heavy (non-hydrogen) atoms. The third kappa shape index (κ3) is 2.45. The number of hydrogen-bond donors (Lipinski definition) is 1. The van der Waals surface area contributed by atoms with Gasteiger partial charge in [-0.15, -0.1) is 0 Å². The first-order chi connectivity index (χ1) is 9.61. The molecule has 3 fully saturated rings. The lowest BCUT2D eigenvalue weighted by Gasteiger charge is -2.47. The van der Waals surface area contributed by atoms with Crippen molar-refractivity contribution in [2.45, 2.75) is 76.3 Å². The van der Waals surface area contributed by atoms with Crippen LogP contribution in [-0.2, 0) is 9.59 Å². The summed E-state index contributed by atoms with van der Waals surface area (Å²) in [6.07, 6.45) is 9.54. The molecule has 1 saturated heterocycles. The number of rotatable bonds is 1. The normalized spacial score (nSPS) is 34.1. The van der Waals surface area contributed by atoms with E-state index in [2.05, 4.69) is 12.2 Å². The Kier molecular flexibility index (Phi) is 3.74. The van der Waals surface area contributed by atoms with Gasteiger partial charge >= 0.3 is 0 Å². The van der Waals surface area contributed by atoms with E-state index in [4.69, 9.17) is 0 Å². The van der Waals surface area contributed by atoms with Crippen molar-refractivity contribution in [3.8, 4) is 0 Å². The van der Waals surface area contributed by atoms with Gasteiger partial charge in [-0.1, -0.05) is 39.0 Å². The van der Waals surface area contributed by atoms with Gasteiger partial charge in [0.1, 0.15) is 5.54 Å². The van der Waals surface area contributed by atoms with Gasteiger partial charge in [-0.05, 0) is 31.6 Å². The van der Waals surface area contributed by atoms with E-state index < -0.39 is 5.54 Å². The smallest absolute Gasteiger partial charge is 0.249 e. The molecule has 0 bridgehead atoms. The minimum atomic E-state index is -0.561. The predicted molar refractivity (Wildman–Crippen MR) is 77.1 cm³/mol. The topological polar surface area (TPSA) is 49.4 Å². The summed E-state index contributed by atoms with van der Waals surface area (Å²) in [5.74, 6) is 0.925. The van der Waals surface area contributed by atoms with Crippen LogP contribution in [0.1, 0.15) is 64.7 Å². The number of nitrogens with one attached hydrogen (secondary N) is 1. The van der Waals surface area contributed by atoms with E-state index in [1.54, 1.807) is 0 Å². The summed E-state index contributed by atoms with van der Waals surface area (Å²) in [6.45, 7) is 2.54. The van der Waals surface area contributed by atoms with Crippen molar-refractivity contribution in [3.63, 3.8) is 0 Å². The summed E-state index contributed by atoms with van der Waals surface area (Å²) in [7, 11) is 0. The van der Waals surface area contributed by atoms with Crippen molar-refractivity contribution in [1.82, 2.24) is 10.2 Å². The number of amides is 2. The van der Waals surface area contributed by atoms with Gasteiger partial charge in [0, 0.05) is 6.04 Å². The van der Waals surface area contributed by atoms with Gasteiger partial charge in [0.05, 0.1) is 6.54 Å². The highest BCUT2D eigenvalue weighted by Crippen LogP contribution is 2.35. The van der Waals surface area contributed by atoms with E-state index in [1.165, 1.54) is 19.3 Å². The molecule has 2 unspecified atom stereocenters. The zero-order chi connectivity index (χ0) is 14.2. The van der Waals surface area contributed by atoms with Crippen molar-refractivity contribution in [2.75, 3.05) is 6.54 Å². The fourth-order valence-corrected chi connectivity index (χ4v) is 4.34. The molecule has 3 rings (SSSR count). The Labute approximate surface area is 121 Å². The van der Waals surface area contributed by atoms with E-state index in [0.29, 0.717) is 5.92 Å². The van der Waals surface area contributed by atoms with Gasteiger partial charge in [-0.3, -0.25) is 9.59 Å².